The Morgan fingerprint density at radius 1 is 1.17 bits per heavy atom. The van der Waals surface area contributed by atoms with Crippen LogP contribution in [0.5, 0.6) is 0 Å². The van der Waals surface area contributed by atoms with Crippen molar-refractivity contribution < 1.29 is 23.1 Å². The van der Waals surface area contributed by atoms with Crippen LogP contribution in [-0.4, -0.2) is 18.0 Å². The number of rotatable bonds is 5. The highest BCUT2D eigenvalue weighted by Crippen LogP contribution is 2.16. The van der Waals surface area contributed by atoms with Crippen LogP contribution < -0.4 is 5.32 Å². The quantitative estimate of drug-likeness (QED) is 0.854. The SMILES string of the molecule is Cc1ccccc1CC(=O)O[C@@H](C)C(=O)Nc1ccc(F)cc1F. The Morgan fingerprint density at radius 3 is 2.54 bits per heavy atom. The Hall–Kier alpha value is -2.76. The number of anilines is 1. The minimum atomic E-state index is -1.11. The summed E-state index contributed by atoms with van der Waals surface area (Å²) >= 11 is 0. The van der Waals surface area contributed by atoms with Gasteiger partial charge in [0, 0.05) is 6.07 Å². The number of aryl methyl sites for hydroxylation is 1. The maximum absolute atomic E-state index is 13.5. The lowest BCUT2D eigenvalue weighted by Crippen LogP contribution is -2.30. The van der Waals surface area contributed by atoms with E-state index >= 15 is 0 Å². The van der Waals surface area contributed by atoms with Gasteiger partial charge in [-0.3, -0.25) is 9.59 Å². The highest BCUT2D eigenvalue weighted by Gasteiger charge is 2.19. The van der Waals surface area contributed by atoms with Crippen molar-refractivity contribution in [2.75, 3.05) is 5.32 Å². The van der Waals surface area contributed by atoms with Crippen LogP contribution in [0.4, 0.5) is 14.5 Å². The number of esters is 1. The van der Waals surface area contributed by atoms with Crippen molar-refractivity contribution in [3.05, 3.63) is 65.2 Å². The molecule has 1 N–H and O–H groups in total. The van der Waals surface area contributed by atoms with Crippen LogP contribution in [0.1, 0.15) is 18.1 Å². The third kappa shape index (κ3) is 4.62. The Balaban J connectivity index is 1.93. The van der Waals surface area contributed by atoms with Gasteiger partial charge in [-0.25, -0.2) is 8.78 Å². The first-order chi connectivity index (χ1) is 11.4. The maximum Gasteiger partial charge on any atom is 0.311 e. The first kappa shape index (κ1) is 17.6. The number of hydrogen-bond acceptors (Lipinski definition) is 3. The van der Waals surface area contributed by atoms with E-state index in [0.29, 0.717) is 6.07 Å². The summed E-state index contributed by atoms with van der Waals surface area (Å²) in [4.78, 5) is 23.9. The first-order valence-electron chi connectivity index (χ1n) is 7.36. The van der Waals surface area contributed by atoms with Gasteiger partial charge in [-0.1, -0.05) is 24.3 Å². The number of halogens is 2. The van der Waals surface area contributed by atoms with E-state index in [0.717, 1.165) is 23.3 Å². The molecule has 6 heteroatoms. The van der Waals surface area contributed by atoms with Crippen molar-refractivity contribution in [1.29, 1.82) is 0 Å². The van der Waals surface area contributed by atoms with Gasteiger partial charge >= 0.3 is 5.97 Å². The van der Waals surface area contributed by atoms with Crippen LogP contribution in [0, 0.1) is 18.6 Å². The van der Waals surface area contributed by atoms with Crippen molar-refractivity contribution in [2.45, 2.75) is 26.4 Å². The molecule has 0 heterocycles. The molecule has 0 fully saturated rings. The predicted octanol–water partition coefficient (Wildman–Crippen LogP) is 3.39. The monoisotopic (exact) mass is 333 g/mol. The van der Waals surface area contributed by atoms with Gasteiger partial charge in [-0.2, -0.15) is 0 Å². The number of carbonyl (C=O) groups excluding carboxylic acids is 2. The first-order valence-corrected chi connectivity index (χ1v) is 7.36. The number of ether oxygens (including phenoxy) is 1. The smallest absolute Gasteiger partial charge is 0.311 e. The van der Waals surface area contributed by atoms with Gasteiger partial charge in [-0.05, 0) is 37.1 Å². The van der Waals surface area contributed by atoms with Crippen LogP contribution in [0.25, 0.3) is 0 Å². The summed E-state index contributed by atoms with van der Waals surface area (Å²) in [7, 11) is 0. The summed E-state index contributed by atoms with van der Waals surface area (Å²) in [6, 6.07) is 10.1. The van der Waals surface area contributed by atoms with Crippen molar-refractivity contribution in [3.63, 3.8) is 0 Å². The lowest BCUT2D eigenvalue weighted by atomic mass is 10.1. The van der Waals surface area contributed by atoms with E-state index in [2.05, 4.69) is 5.32 Å². The summed E-state index contributed by atoms with van der Waals surface area (Å²) in [6.07, 6.45) is -1.07. The fourth-order valence-corrected chi connectivity index (χ4v) is 2.08. The van der Waals surface area contributed by atoms with E-state index in [9.17, 15) is 18.4 Å². The van der Waals surface area contributed by atoms with Crippen LogP contribution >= 0.6 is 0 Å². The van der Waals surface area contributed by atoms with Crippen molar-refractivity contribution in [3.8, 4) is 0 Å². The van der Waals surface area contributed by atoms with Gasteiger partial charge < -0.3 is 10.1 Å². The molecule has 0 bridgehead atoms. The van der Waals surface area contributed by atoms with Crippen LogP contribution in [0.2, 0.25) is 0 Å². The molecule has 126 valence electrons. The van der Waals surface area contributed by atoms with Crippen LogP contribution in [0.3, 0.4) is 0 Å². The third-order valence-corrected chi connectivity index (χ3v) is 3.46. The summed E-state index contributed by atoms with van der Waals surface area (Å²) in [5.74, 6) is -2.91. The zero-order chi connectivity index (χ0) is 17.7. The van der Waals surface area contributed by atoms with Crippen molar-refractivity contribution >= 4 is 17.6 Å². The molecule has 1 amide bonds. The molecule has 0 aliphatic rings. The average molecular weight is 333 g/mol. The Labute approximate surface area is 138 Å². The van der Waals surface area contributed by atoms with Gasteiger partial charge in [0.2, 0.25) is 0 Å². The zero-order valence-corrected chi connectivity index (χ0v) is 13.3. The number of benzene rings is 2. The second-order valence-corrected chi connectivity index (χ2v) is 5.35. The summed E-state index contributed by atoms with van der Waals surface area (Å²) in [5, 5.41) is 2.26. The van der Waals surface area contributed by atoms with Crippen LogP contribution in [-0.2, 0) is 20.7 Å². The molecule has 4 nitrogen and oxygen atoms in total. The minimum absolute atomic E-state index is 0.0369. The molecule has 1 atom stereocenters. The van der Waals surface area contributed by atoms with E-state index in [4.69, 9.17) is 4.74 Å². The van der Waals surface area contributed by atoms with E-state index in [-0.39, 0.29) is 12.1 Å². The normalized spacial score (nSPS) is 11.7. The van der Waals surface area contributed by atoms with Gasteiger partial charge in [0.25, 0.3) is 5.91 Å². The summed E-state index contributed by atoms with van der Waals surface area (Å²) in [5.41, 5.74) is 1.57. The number of amides is 1. The molecular weight excluding hydrogens is 316 g/mol. The molecule has 2 rings (SSSR count). The molecule has 0 unspecified atom stereocenters. The molecule has 2 aromatic carbocycles. The zero-order valence-electron chi connectivity index (χ0n) is 13.3. The number of nitrogens with one attached hydrogen (secondary N) is 1. The van der Waals surface area contributed by atoms with Crippen molar-refractivity contribution in [2.24, 2.45) is 0 Å². The van der Waals surface area contributed by atoms with Gasteiger partial charge in [0.05, 0.1) is 12.1 Å². The Bertz CT molecular complexity index is 762. The largest absolute Gasteiger partial charge is 0.452 e. The molecule has 2 aromatic rings. The topological polar surface area (TPSA) is 55.4 Å². The Morgan fingerprint density at radius 2 is 1.88 bits per heavy atom. The lowest BCUT2D eigenvalue weighted by Gasteiger charge is -2.14. The van der Waals surface area contributed by atoms with Gasteiger partial charge in [0.15, 0.2) is 6.10 Å². The number of carbonyl (C=O) groups is 2. The molecule has 24 heavy (non-hydrogen) atoms. The van der Waals surface area contributed by atoms with E-state index in [1.54, 1.807) is 6.07 Å². The summed E-state index contributed by atoms with van der Waals surface area (Å²) < 4.78 is 31.4. The molecular formula is C18H17F2NO3. The highest BCUT2D eigenvalue weighted by molar-refractivity contribution is 5.95. The third-order valence-electron chi connectivity index (χ3n) is 3.46. The lowest BCUT2D eigenvalue weighted by molar-refractivity contribution is -0.152. The average Bonchev–Trinajstić information content (AvgIpc) is 2.52. The maximum atomic E-state index is 13.5. The Kier molecular flexibility index (Phi) is 5.63. The van der Waals surface area contributed by atoms with Crippen molar-refractivity contribution in [1.82, 2.24) is 0 Å². The summed E-state index contributed by atoms with van der Waals surface area (Å²) in [6.45, 7) is 3.25. The molecule has 0 spiro atoms. The highest BCUT2D eigenvalue weighted by atomic mass is 19.1. The van der Waals surface area contributed by atoms with E-state index in [1.165, 1.54) is 6.92 Å². The predicted molar refractivity (Wildman–Crippen MR) is 85.4 cm³/mol. The second kappa shape index (κ2) is 7.68. The molecule has 0 saturated carbocycles. The molecule has 0 aromatic heterocycles. The molecule has 0 aliphatic heterocycles. The minimum Gasteiger partial charge on any atom is -0.452 e. The fraction of sp³-hybridized carbons (Fsp3) is 0.222. The fourth-order valence-electron chi connectivity index (χ4n) is 2.08. The van der Waals surface area contributed by atoms with Gasteiger partial charge in [-0.15, -0.1) is 0 Å². The molecule has 0 saturated heterocycles. The van der Waals surface area contributed by atoms with E-state index < -0.39 is 29.6 Å². The molecule has 0 radical (unpaired) electrons. The second-order valence-electron chi connectivity index (χ2n) is 5.35. The van der Waals surface area contributed by atoms with E-state index in [1.807, 2.05) is 25.1 Å². The van der Waals surface area contributed by atoms with Crippen LogP contribution in [0.15, 0.2) is 42.5 Å². The standard InChI is InChI=1S/C18H17F2NO3/c1-11-5-3-4-6-13(11)9-17(22)24-12(2)18(23)21-16-8-7-14(19)10-15(16)20/h3-8,10,12H,9H2,1-2H3,(H,21,23)/t12-/m0/s1. The molecule has 0 aliphatic carbocycles. The van der Waals surface area contributed by atoms with Gasteiger partial charge in [0.1, 0.15) is 11.6 Å². The number of hydrogen-bond donors (Lipinski definition) is 1.